The third-order valence-corrected chi connectivity index (χ3v) is 5.36. The Morgan fingerprint density at radius 2 is 2.00 bits per heavy atom. The minimum atomic E-state index is -0.445. The zero-order valence-corrected chi connectivity index (χ0v) is 17.6. The molecule has 162 valence electrons. The van der Waals surface area contributed by atoms with Gasteiger partial charge < -0.3 is 15.4 Å². The topological polar surface area (TPSA) is 104 Å². The number of fused-ring (bicyclic) bond motifs is 1. The van der Waals surface area contributed by atoms with Gasteiger partial charge >= 0.3 is 0 Å². The first-order valence-electron chi connectivity index (χ1n) is 10.5. The van der Waals surface area contributed by atoms with Crippen molar-refractivity contribution in [2.75, 3.05) is 37.7 Å². The van der Waals surface area contributed by atoms with Crippen LogP contribution in [-0.2, 0) is 9.53 Å². The zero-order valence-electron chi connectivity index (χ0n) is 17.6. The van der Waals surface area contributed by atoms with Crippen molar-refractivity contribution in [2.24, 2.45) is 10.7 Å². The zero-order chi connectivity index (χ0) is 21.8. The molecule has 4 rings (SSSR count). The van der Waals surface area contributed by atoms with E-state index in [2.05, 4.69) is 14.9 Å². The van der Waals surface area contributed by atoms with Crippen LogP contribution in [0.15, 0.2) is 47.1 Å². The summed E-state index contributed by atoms with van der Waals surface area (Å²) in [5.74, 6) is 0.830. The van der Waals surface area contributed by atoms with Crippen molar-refractivity contribution in [3.63, 3.8) is 0 Å². The fourth-order valence-corrected chi connectivity index (χ4v) is 3.72. The van der Waals surface area contributed by atoms with Gasteiger partial charge in [0.25, 0.3) is 5.91 Å². The number of hydroxylamine groups is 2. The first-order valence-corrected chi connectivity index (χ1v) is 10.5. The number of amides is 1. The fraction of sp³-hybridized carbons (Fsp3) is 0.348. The van der Waals surface area contributed by atoms with Crippen LogP contribution in [0.2, 0.25) is 0 Å². The maximum absolute atomic E-state index is 12.5. The molecule has 2 aromatic rings. The van der Waals surface area contributed by atoms with Crippen molar-refractivity contribution in [1.29, 1.82) is 0 Å². The summed E-state index contributed by atoms with van der Waals surface area (Å²) in [7, 11) is 0. The molecule has 31 heavy (non-hydrogen) atoms. The second kappa shape index (κ2) is 9.28. The number of nitrogens with zero attached hydrogens (tertiary/aromatic N) is 4. The summed E-state index contributed by atoms with van der Waals surface area (Å²) in [6.07, 6.45) is 4.47. The Hall–Kier alpha value is -3.23. The van der Waals surface area contributed by atoms with Gasteiger partial charge in [-0.3, -0.25) is 10.0 Å². The molecule has 3 heterocycles. The highest BCUT2D eigenvalue weighted by Gasteiger charge is 2.20. The molecule has 0 saturated carbocycles. The van der Waals surface area contributed by atoms with Gasteiger partial charge in [0.15, 0.2) is 0 Å². The van der Waals surface area contributed by atoms with Gasteiger partial charge in [-0.2, -0.15) is 0 Å². The number of nitrogens with two attached hydrogens (primary N) is 1. The summed E-state index contributed by atoms with van der Waals surface area (Å²) < 4.78 is 5.40. The van der Waals surface area contributed by atoms with Gasteiger partial charge in [-0.05, 0) is 36.3 Å². The number of aliphatic imine (C=N–C) groups is 1. The van der Waals surface area contributed by atoms with E-state index in [4.69, 9.17) is 10.5 Å². The van der Waals surface area contributed by atoms with Gasteiger partial charge in [0.05, 0.1) is 18.9 Å². The molecular weight excluding hydrogens is 394 g/mol. The molecule has 8 heteroatoms. The number of carbonyl (C=O) groups excluding carboxylic acids is 1. The number of morpholine rings is 1. The molecule has 2 aliphatic heterocycles. The van der Waals surface area contributed by atoms with Gasteiger partial charge in [0.1, 0.15) is 11.7 Å². The first-order chi connectivity index (χ1) is 15.0. The maximum Gasteiger partial charge on any atom is 0.273 e. The third-order valence-electron chi connectivity index (χ3n) is 5.36. The van der Waals surface area contributed by atoms with Gasteiger partial charge in [-0.15, -0.1) is 0 Å². The number of ether oxygens (including phenoxy) is 1. The van der Waals surface area contributed by atoms with E-state index in [9.17, 15) is 10.0 Å². The normalized spacial score (nSPS) is 16.1. The number of pyridine rings is 1. The van der Waals surface area contributed by atoms with Gasteiger partial charge in [0.2, 0.25) is 0 Å². The van der Waals surface area contributed by atoms with Gasteiger partial charge in [-0.25, -0.2) is 15.0 Å². The molecule has 2 aliphatic rings. The van der Waals surface area contributed by atoms with Crippen LogP contribution in [0, 0.1) is 0 Å². The molecule has 1 aromatic heterocycles. The summed E-state index contributed by atoms with van der Waals surface area (Å²) in [4.78, 5) is 23.9. The molecule has 0 aliphatic carbocycles. The number of hydrogen-bond donors (Lipinski definition) is 2. The number of rotatable bonds is 5. The highest BCUT2D eigenvalue weighted by molar-refractivity contribution is 6.05. The Labute approximate surface area is 181 Å². The predicted molar refractivity (Wildman–Crippen MR) is 120 cm³/mol. The molecule has 0 unspecified atom stereocenters. The van der Waals surface area contributed by atoms with Crippen molar-refractivity contribution in [1.82, 2.24) is 10.0 Å². The lowest BCUT2D eigenvalue weighted by Crippen LogP contribution is -2.36. The average Bonchev–Trinajstić information content (AvgIpc) is 2.96. The Balaban J connectivity index is 1.59. The molecule has 0 bridgehead atoms. The number of hydrogen-bond acceptors (Lipinski definition) is 7. The molecular formula is C23H27N5O3. The van der Waals surface area contributed by atoms with Crippen LogP contribution in [-0.4, -0.2) is 59.8 Å². The molecule has 8 nitrogen and oxygen atoms in total. The number of aromatic nitrogens is 1. The van der Waals surface area contributed by atoms with Crippen LogP contribution >= 0.6 is 0 Å². The summed E-state index contributed by atoms with van der Waals surface area (Å²) in [6.45, 7) is 5.29. The van der Waals surface area contributed by atoms with Crippen molar-refractivity contribution in [3.05, 3.63) is 47.7 Å². The van der Waals surface area contributed by atoms with E-state index in [0.29, 0.717) is 23.5 Å². The van der Waals surface area contributed by atoms with Crippen LogP contribution in [0.3, 0.4) is 0 Å². The lowest BCUT2D eigenvalue weighted by Gasteiger charge is -2.27. The van der Waals surface area contributed by atoms with Crippen molar-refractivity contribution < 1.29 is 14.7 Å². The minimum Gasteiger partial charge on any atom is -0.387 e. The van der Waals surface area contributed by atoms with Crippen molar-refractivity contribution in [2.45, 2.75) is 19.8 Å². The van der Waals surface area contributed by atoms with Crippen LogP contribution in [0.4, 0.5) is 11.5 Å². The average molecular weight is 422 g/mol. The number of benzene rings is 1. The van der Waals surface area contributed by atoms with E-state index in [1.54, 1.807) is 6.08 Å². The van der Waals surface area contributed by atoms with Crippen LogP contribution in [0.1, 0.15) is 25.3 Å². The minimum absolute atomic E-state index is 0.194. The van der Waals surface area contributed by atoms with Gasteiger partial charge in [0, 0.05) is 49.0 Å². The largest absolute Gasteiger partial charge is 0.387 e. The summed E-state index contributed by atoms with van der Waals surface area (Å²) in [5.41, 5.74) is 9.91. The van der Waals surface area contributed by atoms with E-state index < -0.39 is 5.91 Å². The first kappa shape index (κ1) is 21.0. The quantitative estimate of drug-likeness (QED) is 0.568. The van der Waals surface area contributed by atoms with Crippen LogP contribution < -0.4 is 10.6 Å². The molecule has 0 spiro atoms. The molecule has 0 radical (unpaired) electrons. The van der Waals surface area contributed by atoms with Gasteiger partial charge in [-0.1, -0.05) is 19.1 Å². The lowest BCUT2D eigenvalue weighted by atomic mass is 10.0. The maximum atomic E-state index is 12.5. The number of anilines is 1. The monoisotopic (exact) mass is 421 g/mol. The highest BCUT2D eigenvalue weighted by Crippen LogP contribution is 2.32. The smallest absolute Gasteiger partial charge is 0.273 e. The van der Waals surface area contributed by atoms with Crippen LogP contribution in [0.25, 0.3) is 17.2 Å². The van der Waals surface area contributed by atoms with Crippen molar-refractivity contribution >= 4 is 29.3 Å². The second-order valence-corrected chi connectivity index (χ2v) is 7.66. The second-order valence-electron chi connectivity index (χ2n) is 7.66. The standard InChI is InChI=1S/C23H27N5O3/c1-2-7-28(30)23(29)19-12-17-4-3-16(13-20(17)26-21(24)14-19)18-5-6-22(25-15-18)27-8-10-31-11-9-27/h3-6,12-13,15,30H,2,7-11,14H2,1H3,(H2,24,26). The van der Waals surface area contributed by atoms with E-state index in [-0.39, 0.29) is 13.0 Å². The van der Waals surface area contributed by atoms with E-state index in [0.717, 1.165) is 53.9 Å². The highest BCUT2D eigenvalue weighted by atomic mass is 16.5. The number of amidine groups is 1. The summed E-state index contributed by atoms with van der Waals surface area (Å²) in [5, 5.41) is 10.7. The molecule has 1 fully saturated rings. The Bertz CT molecular complexity index is 1010. The molecule has 0 atom stereocenters. The summed E-state index contributed by atoms with van der Waals surface area (Å²) >= 11 is 0. The molecule has 1 amide bonds. The number of carbonyl (C=O) groups is 1. The van der Waals surface area contributed by atoms with Crippen molar-refractivity contribution in [3.8, 4) is 11.1 Å². The predicted octanol–water partition coefficient (Wildman–Crippen LogP) is 2.99. The Kier molecular flexibility index (Phi) is 6.29. The summed E-state index contributed by atoms with van der Waals surface area (Å²) in [6, 6.07) is 9.90. The Morgan fingerprint density at radius 1 is 1.23 bits per heavy atom. The molecule has 1 saturated heterocycles. The molecule has 1 aromatic carbocycles. The van der Waals surface area contributed by atoms with Crippen LogP contribution in [0.5, 0.6) is 0 Å². The Morgan fingerprint density at radius 3 is 2.71 bits per heavy atom. The van der Waals surface area contributed by atoms with E-state index in [1.165, 1.54) is 0 Å². The molecule has 3 N–H and O–H groups in total. The third kappa shape index (κ3) is 4.76. The fourth-order valence-electron chi connectivity index (χ4n) is 3.72. The van der Waals surface area contributed by atoms with E-state index in [1.807, 2.05) is 43.5 Å². The lowest BCUT2D eigenvalue weighted by molar-refractivity contribution is -0.160. The SMILES string of the molecule is CCCN(O)C(=O)C1=Cc2ccc(-c3ccc(N4CCOCC4)nc3)cc2N=C(N)C1. The van der Waals surface area contributed by atoms with E-state index >= 15 is 0 Å².